The second-order valence-electron chi connectivity index (χ2n) is 6.80. The van der Waals surface area contributed by atoms with Crippen LogP contribution in [0.2, 0.25) is 5.15 Å². The zero-order chi connectivity index (χ0) is 14.0. The molecule has 0 bridgehead atoms. The molecule has 2 atom stereocenters. The summed E-state index contributed by atoms with van der Waals surface area (Å²) < 4.78 is 0. The molecule has 1 heterocycles. The molecule has 0 aromatic carbocycles. The number of aromatic nitrogens is 1. The van der Waals surface area contributed by atoms with Crippen molar-refractivity contribution >= 4 is 17.3 Å². The molecule has 0 saturated heterocycles. The Balaban J connectivity index is 2.20. The van der Waals surface area contributed by atoms with Gasteiger partial charge in [0.2, 0.25) is 0 Å². The van der Waals surface area contributed by atoms with Crippen LogP contribution >= 0.6 is 11.6 Å². The van der Waals surface area contributed by atoms with Crippen LogP contribution in [0.5, 0.6) is 0 Å². The lowest BCUT2D eigenvalue weighted by molar-refractivity contribution is 0.163. The molecule has 1 aromatic rings. The van der Waals surface area contributed by atoms with Crippen molar-refractivity contribution in [2.24, 2.45) is 11.3 Å². The molecule has 0 spiro atoms. The monoisotopic (exact) mass is 280 g/mol. The first-order chi connectivity index (χ1) is 8.89. The number of nitrogens with zero attached hydrogens (tertiary/aromatic N) is 1. The van der Waals surface area contributed by atoms with Crippen molar-refractivity contribution in [2.45, 2.75) is 59.4 Å². The fourth-order valence-corrected chi connectivity index (χ4v) is 3.48. The summed E-state index contributed by atoms with van der Waals surface area (Å²) >= 11 is 6.24. The molecule has 1 fully saturated rings. The van der Waals surface area contributed by atoms with E-state index in [9.17, 15) is 0 Å². The highest BCUT2D eigenvalue weighted by molar-refractivity contribution is 6.32. The Morgan fingerprint density at radius 2 is 1.95 bits per heavy atom. The fourth-order valence-electron chi connectivity index (χ4n) is 3.22. The summed E-state index contributed by atoms with van der Waals surface area (Å²) in [5, 5.41) is 4.28. The molecule has 0 radical (unpaired) electrons. The van der Waals surface area contributed by atoms with E-state index in [4.69, 9.17) is 11.6 Å². The standard InChI is InChI=1S/C16H25ClN2/c1-11-9-10-18-15(17)14(11)19-13-8-6-5-7-12(13)16(2,3)4/h9-10,12-13,19H,5-8H2,1-4H3. The number of rotatable bonds is 2. The van der Waals surface area contributed by atoms with E-state index < -0.39 is 0 Å². The normalized spacial score (nSPS) is 24.3. The van der Waals surface area contributed by atoms with Crippen LogP contribution in [0.3, 0.4) is 0 Å². The number of hydrogen-bond donors (Lipinski definition) is 1. The van der Waals surface area contributed by atoms with Gasteiger partial charge in [-0.1, -0.05) is 45.2 Å². The predicted molar refractivity (Wildman–Crippen MR) is 82.8 cm³/mol. The van der Waals surface area contributed by atoms with Crippen LogP contribution in [0.4, 0.5) is 5.69 Å². The predicted octanol–water partition coefficient (Wildman–Crippen LogP) is 5.06. The number of anilines is 1. The van der Waals surface area contributed by atoms with Gasteiger partial charge in [0.05, 0.1) is 5.69 Å². The molecule has 2 nitrogen and oxygen atoms in total. The van der Waals surface area contributed by atoms with E-state index in [1.807, 2.05) is 6.07 Å². The Kier molecular flexibility index (Phi) is 4.39. The number of pyridine rings is 1. The lowest BCUT2D eigenvalue weighted by Gasteiger charge is -2.41. The molecule has 2 unspecified atom stereocenters. The maximum Gasteiger partial charge on any atom is 0.152 e. The Morgan fingerprint density at radius 1 is 1.26 bits per heavy atom. The van der Waals surface area contributed by atoms with Gasteiger partial charge < -0.3 is 5.32 Å². The van der Waals surface area contributed by atoms with E-state index in [1.165, 1.54) is 31.2 Å². The highest BCUT2D eigenvalue weighted by Gasteiger charge is 2.34. The molecule has 3 heteroatoms. The molecular weight excluding hydrogens is 256 g/mol. The van der Waals surface area contributed by atoms with Gasteiger partial charge in [0.15, 0.2) is 5.15 Å². The van der Waals surface area contributed by atoms with E-state index in [2.05, 4.69) is 38.0 Å². The molecule has 1 aliphatic rings. The topological polar surface area (TPSA) is 24.9 Å². The number of halogens is 1. The summed E-state index contributed by atoms with van der Waals surface area (Å²) in [6.45, 7) is 9.12. The second kappa shape index (κ2) is 5.70. The summed E-state index contributed by atoms with van der Waals surface area (Å²) in [5.41, 5.74) is 2.53. The first-order valence-electron chi connectivity index (χ1n) is 7.27. The average Bonchev–Trinajstić information content (AvgIpc) is 2.33. The van der Waals surface area contributed by atoms with Gasteiger partial charge in [-0.25, -0.2) is 4.98 Å². The molecule has 106 valence electrons. The summed E-state index contributed by atoms with van der Waals surface area (Å²) in [4.78, 5) is 4.20. The molecule has 1 N–H and O–H groups in total. The number of nitrogens with one attached hydrogen (secondary N) is 1. The molecule has 0 aliphatic heterocycles. The molecular formula is C16H25ClN2. The van der Waals surface area contributed by atoms with Crippen molar-refractivity contribution in [1.29, 1.82) is 0 Å². The van der Waals surface area contributed by atoms with E-state index in [0.717, 1.165) is 5.69 Å². The van der Waals surface area contributed by atoms with Crippen molar-refractivity contribution in [2.75, 3.05) is 5.32 Å². The zero-order valence-electron chi connectivity index (χ0n) is 12.5. The summed E-state index contributed by atoms with van der Waals surface area (Å²) in [7, 11) is 0. The van der Waals surface area contributed by atoms with E-state index in [1.54, 1.807) is 6.20 Å². The minimum atomic E-state index is 0.334. The van der Waals surface area contributed by atoms with Crippen LogP contribution in [-0.4, -0.2) is 11.0 Å². The van der Waals surface area contributed by atoms with Crippen LogP contribution in [-0.2, 0) is 0 Å². The highest BCUT2D eigenvalue weighted by Crippen LogP contribution is 2.40. The SMILES string of the molecule is Cc1ccnc(Cl)c1NC1CCCCC1C(C)(C)C. The zero-order valence-corrected chi connectivity index (χ0v) is 13.2. The smallest absolute Gasteiger partial charge is 0.152 e. The fraction of sp³-hybridized carbons (Fsp3) is 0.688. The Morgan fingerprint density at radius 3 is 2.58 bits per heavy atom. The van der Waals surface area contributed by atoms with Crippen LogP contribution in [0.25, 0.3) is 0 Å². The molecule has 19 heavy (non-hydrogen) atoms. The molecule has 1 aromatic heterocycles. The van der Waals surface area contributed by atoms with Gasteiger partial charge in [0.25, 0.3) is 0 Å². The van der Waals surface area contributed by atoms with E-state index in [0.29, 0.717) is 22.5 Å². The van der Waals surface area contributed by atoms with Crippen molar-refractivity contribution < 1.29 is 0 Å². The van der Waals surface area contributed by atoms with Gasteiger partial charge in [0, 0.05) is 12.2 Å². The Labute approximate surface area is 122 Å². The van der Waals surface area contributed by atoms with Crippen LogP contribution in [0, 0.1) is 18.3 Å². The first-order valence-corrected chi connectivity index (χ1v) is 7.65. The average molecular weight is 281 g/mol. The van der Waals surface area contributed by atoms with Gasteiger partial charge in [-0.2, -0.15) is 0 Å². The highest BCUT2D eigenvalue weighted by atomic mass is 35.5. The lowest BCUT2D eigenvalue weighted by atomic mass is 9.69. The van der Waals surface area contributed by atoms with Crippen molar-refractivity contribution in [3.63, 3.8) is 0 Å². The maximum atomic E-state index is 6.24. The summed E-state index contributed by atoms with van der Waals surface area (Å²) in [5.74, 6) is 0.692. The van der Waals surface area contributed by atoms with Crippen LogP contribution < -0.4 is 5.32 Å². The number of aryl methyl sites for hydroxylation is 1. The molecule has 1 saturated carbocycles. The third-order valence-electron chi connectivity index (χ3n) is 4.32. The van der Waals surface area contributed by atoms with Crippen molar-refractivity contribution in [1.82, 2.24) is 4.98 Å². The Bertz CT molecular complexity index is 417. The van der Waals surface area contributed by atoms with E-state index >= 15 is 0 Å². The van der Waals surface area contributed by atoms with E-state index in [-0.39, 0.29) is 0 Å². The van der Waals surface area contributed by atoms with Crippen LogP contribution in [0.1, 0.15) is 52.0 Å². The summed E-state index contributed by atoms with van der Waals surface area (Å²) in [6, 6.07) is 2.53. The quantitative estimate of drug-likeness (QED) is 0.766. The minimum absolute atomic E-state index is 0.334. The first kappa shape index (κ1) is 14.6. The molecule has 1 aliphatic carbocycles. The van der Waals surface area contributed by atoms with Gasteiger partial charge in [-0.3, -0.25) is 0 Å². The van der Waals surface area contributed by atoms with Gasteiger partial charge in [-0.15, -0.1) is 0 Å². The minimum Gasteiger partial charge on any atom is -0.379 e. The van der Waals surface area contributed by atoms with Gasteiger partial charge >= 0.3 is 0 Å². The van der Waals surface area contributed by atoms with Gasteiger partial charge in [0.1, 0.15) is 0 Å². The summed E-state index contributed by atoms with van der Waals surface area (Å²) in [6.07, 6.45) is 6.96. The maximum absolute atomic E-state index is 6.24. The second-order valence-corrected chi connectivity index (χ2v) is 7.16. The molecule has 0 amide bonds. The van der Waals surface area contributed by atoms with Gasteiger partial charge in [-0.05, 0) is 42.7 Å². The lowest BCUT2D eigenvalue weighted by Crippen LogP contribution is -2.40. The third kappa shape index (κ3) is 3.42. The van der Waals surface area contributed by atoms with Crippen LogP contribution in [0.15, 0.2) is 12.3 Å². The van der Waals surface area contributed by atoms with Crippen molar-refractivity contribution in [3.05, 3.63) is 23.0 Å². The number of hydrogen-bond acceptors (Lipinski definition) is 2. The van der Waals surface area contributed by atoms with Crippen molar-refractivity contribution in [3.8, 4) is 0 Å². The largest absolute Gasteiger partial charge is 0.379 e. The third-order valence-corrected chi connectivity index (χ3v) is 4.61. The Hall–Kier alpha value is -0.760. The molecule has 2 rings (SSSR count).